The Morgan fingerprint density at radius 2 is 1.63 bits per heavy atom. The molecule has 2 heterocycles. The number of ether oxygens (including phenoxy) is 2. The fourth-order valence-corrected chi connectivity index (χ4v) is 5.27. The third-order valence-corrected chi connectivity index (χ3v) is 7.73. The van der Waals surface area contributed by atoms with E-state index in [-0.39, 0.29) is 12.0 Å². The maximum absolute atomic E-state index is 13.2. The summed E-state index contributed by atoms with van der Waals surface area (Å²) in [7, 11) is 1.33. The summed E-state index contributed by atoms with van der Waals surface area (Å²) in [6.45, 7) is 4.34. The molecule has 8 heteroatoms. The lowest BCUT2D eigenvalue weighted by molar-refractivity contribution is -0.150. The van der Waals surface area contributed by atoms with Gasteiger partial charge in [0.15, 0.2) is 5.92 Å². The smallest absolute Gasteiger partial charge is 0.322 e. The molecule has 0 bridgehead atoms. The zero-order chi connectivity index (χ0) is 24.8. The normalized spacial score (nSPS) is 18.8. The summed E-state index contributed by atoms with van der Waals surface area (Å²) in [5.41, 5.74) is 0.678. The van der Waals surface area contributed by atoms with Crippen molar-refractivity contribution in [2.24, 2.45) is 5.92 Å². The molecule has 2 fully saturated rings. The van der Waals surface area contributed by atoms with Gasteiger partial charge in [0.05, 0.1) is 17.2 Å². The monoisotopic (exact) mass is 518 g/mol. The number of methoxy groups -OCH3 is 1. The molecule has 1 unspecified atom stereocenters. The first-order valence-electron chi connectivity index (χ1n) is 12.2. The van der Waals surface area contributed by atoms with Gasteiger partial charge in [-0.2, -0.15) is 0 Å². The molecule has 0 N–H and O–H groups in total. The molecule has 0 aliphatic carbocycles. The second-order valence-corrected chi connectivity index (χ2v) is 10.1. The Kier molecular flexibility index (Phi) is 8.93. The maximum atomic E-state index is 13.2. The van der Waals surface area contributed by atoms with Gasteiger partial charge in [0, 0.05) is 38.8 Å². The molecule has 188 valence electrons. The highest BCUT2D eigenvalue weighted by atomic mass is 35.5. The van der Waals surface area contributed by atoms with Crippen LogP contribution in [0.4, 0.5) is 0 Å². The van der Waals surface area contributed by atoms with Crippen LogP contribution in [0, 0.1) is 5.92 Å². The van der Waals surface area contributed by atoms with Gasteiger partial charge < -0.3 is 19.3 Å². The maximum Gasteiger partial charge on any atom is 0.322 e. The largest absolute Gasteiger partial charge is 0.490 e. The number of hydrogen-bond acceptors (Lipinski definition) is 5. The van der Waals surface area contributed by atoms with E-state index in [2.05, 4.69) is 4.90 Å². The number of rotatable bonds is 7. The van der Waals surface area contributed by atoms with Gasteiger partial charge >= 0.3 is 5.97 Å². The number of nitrogens with zero attached hydrogens (tertiary/aromatic N) is 2. The summed E-state index contributed by atoms with van der Waals surface area (Å²) in [6.07, 6.45) is 3.99. The van der Waals surface area contributed by atoms with E-state index in [1.807, 2.05) is 29.2 Å². The lowest BCUT2D eigenvalue weighted by Crippen LogP contribution is -2.46. The van der Waals surface area contributed by atoms with Crippen molar-refractivity contribution in [1.82, 2.24) is 9.80 Å². The third-order valence-electron chi connectivity index (χ3n) is 6.99. The highest BCUT2D eigenvalue weighted by Gasteiger charge is 2.35. The summed E-state index contributed by atoms with van der Waals surface area (Å²) in [5, 5.41) is 1.04. The van der Waals surface area contributed by atoms with Gasteiger partial charge in [0.25, 0.3) is 0 Å². The van der Waals surface area contributed by atoms with Crippen LogP contribution >= 0.6 is 23.2 Å². The van der Waals surface area contributed by atoms with E-state index in [9.17, 15) is 9.59 Å². The molecular formula is C27H32Cl2N2O4. The molecule has 2 aromatic rings. The number of carbonyl (C=O) groups is 2. The molecule has 0 radical (unpaired) electrons. The summed E-state index contributed by atoms with van der Waals surface area (Å²) in [4.78, 5) is 29.9. The minimum Gasteiger partial charge on any atom is -0.490 e. The Bertz CT molecular complexity index is 1000. The van der Waals surface area contributed by atoms with E-state index in [4.69, 9.17) is 32.7 Å². The minimum absolute atomic E-state index is 0.165. The van der Waals surface area contributed by atoms with Crippen LogP contribution in [0.15, 0.2) is 48.5 Å². The van der Waals surface area contributed by atoms with Crippen LogP contribution in [-0.2, 0) is 14.3 Å². The predicted octanol–water partition coefficient (Wildman–Crippen LogP) is 5.03. The summed E-state index contributed by atoms with van der Waals surface area (Å²) in [6, 6.07) is 14.6. The highest BCUT2D eigenvalue weighted by molar-refractivity contribution is 6.42. The van der Waals surface area contributed by atoms with Crippen molar-refractivity contribution in [3.05, 3.63) is 64.1 Å². The number of carbonyl (C=O) groups excluding carboxylic acids is 2. The lowest BCUT2D eigenvalue weighted by Gasteiger charge is -2.38. The molecule has 35 heavy (non-hydrogen) atoms. The first-order chi connectivity index (χ1) is 16.9. The number of piperidine rings is 2. The molecule has 0 saturated carbocycles. The molecule has 1 amide bonds. The average Bonchev–Trinajstić information content (AvgIpc) is 2.88. The number of likely N-dealkylation sites (tertiary alicyclic amines) is 2. The van der Waals surface area contributed by atoms with Crippen molar-refractivity contribution in [3.8, 4) is 5.75 Å². The van der Waals surface area contributed by atoms with Gasteiger partial charge in [-0.05, 0) is 49.3 Å². The van der Waals surface area contributed by atoms with Gasteiger partial charge in [-0.15, -0.1) is 0 Å². The first-order valence-corrected chi connectivity index (χ1v) is 13.0. The Balaban J connectivity index is 1.23. The Labute approximate surface area is 217 Å². The van der Waals surface area contributed by atoms with Crippen LogP contribution < -0.4 is 4.74 Å². The van der Waals surface area contributed by atoms with Crippen molar-refractivity contribution < 1.29 is 19.1 Å². The molecular weight excluding hydrogens is 487 g/mol. The van der Waals surface area contributed by atoms with E-state index >= 15 is 0 Å². The van der Waals surface area contributed by atoms with Gasteiger partial charge in [0.1, 0.15) is 11.9 Å². The van der Waals surface area contributed by atoms with E-state index in [1.54, 1.807) is 24.3 Å². The fraction of sp³-hybridized carbons (Fsp3) is 0.481. The number of benzene rings is 2. The van der Waals surface area contributed by atoms with Crippen molar-refractivity contribution >= 4 is 35.1 Å². The Morgan fingerprint density at radius 1 is 0.943 bits per heavy atom. The number of esters is 1. The van der Waals surface area contributed by atoms with Gasteiger partial charge in [-0.3, -0.25) is 9.59 Å². The van der Waals surface area contributed by atoms with Gasteiger partial charge in [-0.1, -0.05) is 53.5 Å². The van der Waals surface area contributed by atoms with Gasteiger partial charge in [-0.25, -0.2) is 0 Å². The summed E-state index contributed by atoms with van der Waals surface area (Å²) >= 11 is 12.1. The zero-order valence-electron chi connectivity index (χ0n) is 20.0. The highest BCUT2D eigenvalue weighted by Crippen LogP contribution is 2.29. The molecule has 6 nitrogen and oxygen atoms in total. The third kappa shape index (κ3) is 6.69. The van der Waals surface area contributed by atoms with Crippen LogP contribution in [0.1, 0.15) is 37.2 Å². The SMILES string of the molecule is COC(=O)C(C(=O)N1CCC(CN2CCC(Oc3ccc(Cl)c(Cl)c3)CC2)CC1)c1ccccc1. The molecule has 2 saturated heterocycles. The predicted molar refractivity (Wildman–Crippen MR) is 137 cm³/mol. The number of hydrogen-bond donors (Lipinski definition) is 0. The molecule has 4 rings (SSSR count). The molecule has 2 aliphatic rings. The first kappa shape index (κ1) is 25.8. The molecule has 2 aliphatic heterocycles. The van der Waals surface area contributed by atoms with Crippen LogP contribution in [0.2, 0.25) is 10.0 Å². The fourth-order valence-electron chi connectivity index (χ4n) is 4.98. The van der Waals surface area contributed by atoms with E-state index in [1.165, 1.54) is 7.11 Å². The van der Waals surface area contributed by atoms with E-state index < -0.39 is 11.9 Å². The van der Waals surface area contributed by atoms with Gasteiger partial charge in [0.2, 0.25) is 5.91 Å². The van der Waals surface area contributed by atoms with Crippen LogP contribution in [0.3, 0.4) is 0 Å². The Morgan fingerprint density at radius 3 is 2.26 bits per heavy atom. The Hall–Kier alpha value is -2.28. The van der Waals surface area contributed by atoms with Crippen molar-refractivity contribution in [1.29, 1.82) is 0 Å². The second kappa shape index (κ2) is 12.1. The molecule has 0 aromatic heterocycles. The number of amides is 1. The van der Waals surface area contributed by atoms with Crippen molar-refractivity contribution in [2.75, 3.05) is 39.8 Å². The zero-order valence-corrected chi connectivity index (χ0v) is 21.5. The standard InChI is InChI=1S/C27H32Cl2N2O4/c1-34-27(33)25(20-5-3-2-4-6-20)26(32)31-15-9-19(10-16-31)18-30-13-11-21(12-14-30)35-22-7-8-23(28)24(29)17-22/h2-8,17,19,21,25H,9-16,18H2,1H3. The van der Waals surface area contributed by atoms with Crippen LogP contribution in [-0.4, -0.2) is 67.6 Å². The second-order valence-electron chi connectivity index (χ2n) is 9.33. The molecule has 2 aromatic carbocycles. The summed E-state index contributed by atoms with van der Waals surface area (Å²) < 4.78 is 11.0. The van der Waals surface area contributed by atoms with E-state index in [0.29, 0.717) is 34.6 Å². The number of halogens is 2. The average molecular weight is 519 g/mol. The quantitative estimate of drug-likeness (QED) is 0.379. The van der Waals surface area contributed by atoms with Crippen LogP contribution in [0.25, 0.3) is 0 Å². The van der Waals surface area contributed by atoms with Crippen LogP contribution in [0.5, 0.6) is 5.75 Å². The van der Waals surface area contributed by atoms with Crippen molar-refractivity contribution in [2.45, 2.75) is 37.7 Å². The van der Waals surface area contributed by atoms with E-state index in [0.717, 1.165) is 51.1 Å². The minimum atomic E-state index is -0.896. The lowest BCUT2D eigenvalue weighted by atomic mass is 9.92. The molecule has 1 atom stereocenters. The van der Waals surface area contributed by atoms with Crippen molar-refractivity contribution in [3.63, 3.8) is 0 Å². The topological polar surface area (TPSA) is 59.1 Å². The molecule has 0 spiro atoms. The summed E-state index contributed by atoms with van der Waals surface area (Å²) in [5.74, 6) is -0.265.